The Morgan fingerprint density at radius 2 is 2.18 bits per heavy atom. The molecule has 17 heavy (non-hydrogen) atoms. The number of hydrogen-bond donors (Lipinski definition) is 2. The van der Waals surface area contributed by atoms with E-state index < -0.39 is 0 Å². The van der Waals surface area contributed by atoms with Crippen LogP contribution in [0.3, 0.4) is 0 Å². The number of nitrogens with one attached hydrogen (secondary N) is 1. The predicted octanol–water partition coefficient (Wildman–Crippen LogP) is 3.40. The Hall–Kier alpha value is -0.940. The lowest BCUT2D eigenvalue weighted by Gasteiger charge is -2.17. The number of rotatable bonds is 3. The van der Waals surface area contributed by atoms with Crippen molar-refractivity contribution in [3.63, 3.8) is 0 Å². The molecule has 0 fully saturated rings. The van der Waals surface area contributed by atoms with Crippen molar-refractivity contribution in [1.29, 1.82) is 0 Å². The highest BCUT2D eigenvalue weighted by Gasteiger charge is 2.19. The fourth-order valence-corrected chi connectivity index (χ4v) is 2.89. The van der Waals surface area contributed by atoms with Crippen LogP contribution in [0.1, 0.15) is 22.0 Å². The second-order valence-electron chi connectivity index (χ2n) is 3.73. The van der Waals surface area contributed by atoms with E-state index in [1.54, 1.807) is 23.5 Å². The predicted molar refractivity (Wildman–Crippen MR) is 69.6 cm³/mol. The molecule has 0 saturated heterocycles. The van der Waals surface area contributed by atoms with Crippen LogP contribution in [-0.2, 0) is 0 Å². The summed E-state index contributed by atoms with van der Waals surface area (Å²) in [6.45, 7) is 1.98. The minimum Gasteiger partial charge on any atom is -0.271 e. The number of nitrogens with two attached hydrogens (primary N) is 1. The van der Waals surface area contributed by atoms with E-state index in [0.717, 1.165) is 10.4 Å². The fourth-order valence-electron chi connectivity index (χ4n) is 1.72. The number of benzene rings is 1. The summed E-state index contributed by atoms with van der Waals surface area (Å²) in [4.78, 5) is 1.01. The van der Waals surface area contributed by atoms with E-state index in [1.807, 2.05) is 18.4 Å². The van der Waals surface area contributed by atoms with E-state index in [9.17, 15) is 4.39 Å². The lowest BCUT2D eigenvalue weighted by molar-refractivity contribution is 0.563. The highest BCUT2D eigenvalue weighted by Crippen LogP contribution is 2.31. The fraction of sp³-hybridized carbons (Fsp3) is 0.167. The van der Waals surface area contributed by atoms with E-state index in [-0.39, 0.29) is 11.9 Å². The van der Waals surface area contributed by atoms with Crippen molar-refractivity contribution in [2.24, 2.45) is 5.84 Å². The molecule has 0 amide bonds. The zero-order chi connectivity index (χ0) is 12.4. The smallest absolute Gasteiger partial charge is 0.129 e. The van der Waals surface area contributed by atoms with Gasteiger partial charge in [0.25, 0.3) is 0 Å². The zero-order valence-corrected chi connectivity index (χ0v) is 10.8. The normalized spacial score (nSPS) is 12.7. The minimum atomic E-state index is -0.353. The van der Waals surface area contributed by atoms with Gasteiger partial charge in [0.1, 0.15) is 5.82 Å². The molecule has 1 aromatic heterocycles. The van der Waals surface area contributed by atoms with Gasteiger partial charge in [0.15, 0.2) is 0 Å². The van der Waals surface area contributed by atoms with Gasteiger partial charge in [0, 0.05) is 15.5 Å². The van der Waals surface area contributed by atoms with Gasteiger partial charge in [-0.15, -0.1) is 11.3 Å². The van der Waals surface area contributed by atoms with Gasteiger partial charge < -0.3 is 0 Å². The summed E-state index contributed by atoms with van der Waals surface area (Å²) in [6, 6.07) is 6.25. The van der Waals surface area contributed by atoms with Gasteiger partial charge in [-0.2, -0.15) is 0 Å². The van der Waals surface area contributed by atoms with E-state index >= 15 is 0 Å². The van der Waals surface area contributed by atoms with Crippen LogP contribution in [-0.4, -0.2) is 0 Å². The Balaban J connectivity index is 2.46. The molecule has 2 aromatic rings. The molecular formula is C12H12ClFN2S. The summed E-state index contributed by atoms with van der Waals surface area (Å²) in [5, 5.41) is 2.34. The first-order valence-corrected chi connectivity index (χ1v) is 6.34. The average molecular weight is 271 g/mol. The second kappa shape index (κ2) is 5.14. The highest BCUT2D eigenvalue weighted by molar-refractivity contribution is 7.10. The molecular weight excluding hydrogens is 259 g/mol. The first-order chi connectivity index (χ1) is 8.13. The molecule has 0 saturated carbocycles. The number of thiophene rings is 1. The molecule has 2 nitrogen and oxygen atoms in total. The van der Waals surface area contributed by atoms with E-state index in [0.29, 0.717) is 10.6 Å². The summed E-state index contributed by atoms with van der Waals surface area (Å²) < 4.78 is 13.8. The van der Waals surface area contributed by atoms with Gasteiger partial charge in [-0.3, -0.25) is 5.84 Å². The maximum absolute atomic E-state index is 13.8. The van der Waals surface area contributed by atoms with Gasteiger partial charge >= 0.3 is 0 Å². The molecule has 3 N–H and O–H groups in total. The van der Waals surface area contributed by atoms with Gasteiger partial charge in [-0.1, -0.05) is 17.7 Å². The third-order valence-corrected chi connectivity index (χ3v) is 3.92. The molecule has 0 aliphatic carbocycles. The van der Waals surface area contributed by atoms with Crippen LogP contribution in [0.5, 0.6) is 0 Å². The van der Waals surface area contributed by atoms with Crippen molar-refractivity contribution >= 4 is 22.9 Å². The first-order valence-electron chi connectivity index (χ1n) is 5.08. The summed E-state index contributed by atoms with van der Waals surface area (Å²) >= 11 is 7.28. The van der Waals surface area contributed by atoms with Crippen molar-refractivity contribution < 1.29 is 4.39 Å². The van der Waals surface area contributed by atoms with Crippen LogP contribution in [0, 0.1) is 12.7 Å². The number of aryl methyl sites for hydroxylation is 1. The van der Waals surface area contributed by atoms with Crippen molar-refractivity contribution in [2.45, 2.75) is 13.0 Å². The molecule has 1 atom stereocenters. The Kier molecular flexibility index (Phi) is 3.79. The number of halogens is 2. The van der Waals surface area contributed by atoms with Crippen LogP contribution in [0.2, 0.25) is 5.02 Å². The maximum Gasteiger partial charge on any atom is 0.129 e. The molecule has 1 heterocycles. The van der Waals surface area contributed by atoms with Crippen molar-refractivity contribution in [2.75, 3.05) is 0 Å². The first kappa shape index (κ1) is 12.5. The summed E-state index contributed by atoms with van der Waals surface area (Å²) in [5.74, 6) is 5.18. The van der Waals surface area contributed by atoms with Crippen molar-refractivity contribution in [3.05, 3.63) is 56.5 Å². The van der Waals surface area contributed by atoms with Gasteiger partial charge in [0.05, 0.1) is 6.04 Å². The Morgan fingerprint density at radius 1 is 1.41 bits per heavy atom. The lowest BCUT2D eigenvalue weighted by Crippen LogP contribution is -2.29. The highest BCUT2D eigenvalue weighted by atomic mass is 35.5. The second-order valence-corrected chi connectivity index (χ2v) is 5.12. The van der Waals surface area contributed by atoms with Crippen LogP contribution >= 0.6 is 22.9 Å². The minimum absolute atomic E-state index is 0.340. The molecule has 0 aliphatic heterocycles. The van der Waals surface area contributed by atoms with E-state index in [4.69, 9.17) is 17.4 Å². The van der Waals surface area contributed by atoms with Gasteiger partial charge in [-0.05, 0) is 36.1 Å². The molecule has 0 radical (unpaired) electrons. The van der Waals surface area contributed by atoms with Crippen molar-refractivity contribution in [1.82, 2.24) is 5.43 Å². The number of hydrogen-bond acceptors (Lipinski definition) is 3. The van der Waals surface area contributed by atoms with Crippen LogP contribution in [0.4, 0.5) is 4.39 Å². The molecule has 0 bridgehead atoms. The van der Waals surface area contributed by atoms with E-state index in [2.05, 4.69) is 5.43 Å². The number of hydrazine groups is 1. The van der Waals surface area contributed by atoms with E-state index in [1.165, 1.54) is 6.07 Å². The Labute approximate surface area is 108 Å². The van der Waals surface area contributed by atoms with Crippen LogP contribution in [0.25, 0.3) is 0 Å². The van der Waals surface area contributed by atoms with Gasteiger partial charge in [0.2, 0.25) is 0 Å². The van der Waals surface area contributed by atoms with Crippen LogP contribution < -0.4 is 11.3 Å². The lowest BCUT2D eigenvalue weighted by atomic mass is 10.0. The summed E-state index contributed by atoms with van der Waals surface area (Å²) in [6.07, 6.45) is 0. The topological polar surface area (TPSA) is 38.0 Å². The average Bonchev–Trinajstić information content (AvgIpc) is 2.69. The van der Waals surface area contributed by atoms with Crippen molar-refractivity contribution in [3.8, 4) is 0 Å². The Bertz CT molecular complexity index is 527. The maximum atomic E-state index is 13.8. The third kappa shape index (κ3) is 2.50. The largest absolute Gasteiger partial charge is 0.271 e. The van der Waals surface area contributed by atoms with Gasteiger partial charge in [-0.25, -0.2) is 9.82 Å². The quantitative estimate of drug-likeness (QED) is 0.663. The monoisotopic (exact) mass is 270 g/mol. The zero-order valence-electron chi connectivity index (χ0n) is 9.21. The molecule has 2 rings (SSSR count). The molecule has 1 aromatic carbocycles. The summed E-state index contributed by atoms with van der Waals surface area (Å²) in [5.41, 5.74) is 4.24. The molecule has 90 valence electrons. The molecule has 0 aliphatic rings. The Morgan fingerprint density at radius 3 is 2.71 bits per heavy atom. The standard InChI is InChI=1S/C12H12ClFN2S/c1-7-4-5-17-12(7)11(16-15)9-3-2-8(13)6-10(9)14/h2-6,11,16H,15H2,1H3. The third-order valence-electron chi connectivity index (χ3n) is 2.60. The summed E-state index contributed by atoms with van der Waals surface area (Å²) in [7, 11) is 0. The SMILES string of the molecule is Cc1ccsc1C(NN)c1ccc(Cl)cc1F. The van der Waals surface area contributed by atoms with Crippen LogP contribution in [0.15, 0.2) is 29.6 Å². The molecule has 1 unspecified atom stereocenters. The molecule has 5 heteroatoms. The molecule has 0 spiro atoms.